The second-order valence-corrected chi connectivity index (χ2v) is 3.94. The summed E-state index contributed by atoms with van der Waals surface area (Å²) in [5.41, 5.74) is 0.200. The van der Waals surface area contributed by atoms with Crippen molar-refractivity contribution >= 4 is 21.8 Å². The van der Waals surface area contributed by atoms with Gasteiger partial charge in [0.05, 0.1) is 11.6 Å². The summed E-state index contributed by atoms with van der Waals surface area (Å²) in [5.74, 6) is 1.92. The van der Waals surface area contributed by atoms with Crippen LogP contribution in [0.1, 0.15) is 17.3 Å². The molecule has 0 aliphatic rings. The Morgan fingerprint density at radius 1 is 1.67 bits per heavy atom. The van der Waals surface area contributed by atoms with Crippen LogP contribution >= 0.6 is 15.9 Å². The maximum Gasteiger partial charge on any atom is 0.256 e. The van der Waals surface area contributed by atoms with E-state index in [0.717, 1.165) is 4.47 Å². The Morgan fingerprint density at radius 3 is 2.93 bits per heavy atom. The van der Waals surface area contributed by atoms with Gasteiger partial charge in [-0.2, -0.15) is 0 Å². The summed E-state index contributed by atoms with van der Waals surface area (Å²) < 4.78 is 0.721. The zero-order valence-electron chi connectivity index (χ0n) is 8.12. The molecule has 0 saturated heterocycles. The predicted octanol–water partition coefficient (Wildman–Crippen LogP) is 1.91. The third-order valence-electron chi connectivity index (χ3n) is 1.80. The molecule has 1 unspecified atom stereocenters. The number of terminal acetylenes is 1. The molecule has 1 atom stereocenters. The quantitative estimate of drug-likeness (QED) is 0.805. The van der Waals surface area contributed by atoms with E-state index in [1.165, 1.54) is 12.1 Å². The molecule has 4 heteroatoms. The van der Waals surface area contributed by atoms with Gasteiger partial charge in [-0.05, 0) is 25.1 Å². The molecule has 0 aliphatic heterocycles. The summed E-state index contributed by atoms with van der Waals surface area (Å²) in [5, 5.41) is 12.0. The van der Waals surface area contributed by atoms with Crippen molar-refractivity contribution in [3.8, 4) is 18.1 Å². The van der Waals surface area contributed by atoms with Crippen LogP contribution in [-0.4, -0.2) is 17.1 Å². The Bertz CT molecular complexity index is 423. The van der Waals surface area contributed by atoms with E-state index in [0.29, 0.717) is 0 Å². The molecule has 1 aromatic carbocycles. The van der Waals surface area contributed by atoms with E-state index in [9.17, 15) is 9.90 Å². The lowest BCUT2D eigenvalue weighted by molar-refractivity contribution is 0.0945. The smallest absolute Gasteiger partial charge is 0.256 e. The maximum atomic E-state index is 11.6. The van der Waals surface area contributed by atoms with Gasteiger partial charge in [0.15, 0.2) is 0 Å². The molecule has 15 heavy (non-hydrogen) atoms. The Morgan fingerprint density at radius 2 is 2.33 bits per heavy atom. The van der Waals surface area contributed by atoms with Gasteiger partial charge in [-0.25, -0.2) is 0 Å². The molecule has 0 aromatic heterocycles. The van der Waals surface area contributed by atoms with Crippen molar-refractivity contribution in [2.45, 2.75) is 13.0 Å². The molecule has 1 rings (SSSR count). The summed E-state index contributed by atoms with van der Waals surface area (Å²) in [6.07, 6.45) is 5.13. The van der Waals surface area contributed by atoms with Gasteiger partial charge in [0.25, 0.3) is 5.91 Å². The highest BCUT2D eigenvalue weighted by Crippen LogP contribution is 2.21. The average Bonchev–Trinajstić information content (AvgIpc) is 2.21. The number of carbonyl (C=O) groups is 1. The average molecular weight is 268 g/mol. The number of hydrogen-bond donors (Lipinski definition) is 2. The molecular weight excluding hydrogens is 258 g/mol. The number of benzene rings is 1. The van der Waals surface area contributed by atoms with Crippen LogP contribution in [0.5, 0.6) is 5.75 Å². The number of phenols is 1. The van der Waals surface area contributed by atoms with Crippen LogP contribution in [0.15, 0.2) is 22.7 Å². The number of carbonyl (C=O) groups excluding carboxylic acids is 1. The molecule has 0 saturated carbocycles. The summed E-state index contributed by atoms with van der Waals surface area (Å²) >= 11 is 3.22. The fourth-order valence-electron chi connectivity index (χ4n) is 1.01. The Labute approximate surface area is 96.6 Å². The van der Waals surface area contributed by atoms with Gasteiger partial charge in [-0.1, -0.05) is 21.9 Å². The normalized spacial score (nSPS) is 11.5. The highest BCUT2D eigenvalue weighted by atomic mass is 79.9. The molecule has 2 N–H and O–H groups in total. The van der Waals surface area contributed by atoms with Crippen molar-refractivity contribution in [1.29, 1.82) is 0 Å². The molecule has 1 amide bonds. The van der Waals surface area contributed by atoms with E-state index in [4.69, 9.17) is 6.42 Å². The summed E-state index contributed by atoms with van der Waals surface area (Å²) in [6, 6.07) is 4.26. The van der Waals surface area contributed by atoms with E-state index >= 15 is 0 Å². The van der Waals surface area contributed by atoms with Gasteiger partial charge in [-0.3, -0.25) is 4.79 Å². The van der Waals surface area contributed by atoms with Gasteiger partial charge >= 0.3 is 0 Å². The van der Waals surface area contributed by atoms with Crippen molar-refractivity contribution in [2.75, 3.05) is 0 Å². The molecular formula is C11H10BrNO2. The van der Waals surface area contributed by atoms with Crippen LogP contribution in [-0.2, 0) is 0 Å². The first-order chi connectivity index (χ1) is 7.04. The van der Waals surface area contributed by atoms with Crippen LogP contribution in [0.4, 0.5) is 0 Å². The van der Waals surface area contributed by atoms with E-state index in [2.05, 4.69) is 27.2 Å². The number of amides is 1. The van der Waals surface area contributed by atoms with Crippen LogP contribution in [0.2, 0.25) is 0 Å². The molecule has 3 nitrogen and oxygen atoms in total. The van der Waals surface area contributed by atoms with Gasteiger partial charge in [0.1, 0.15) is 5.75 Å². The topological polar surface area (TPSA) is 49.3 Å². The first-order valence-corrected chi connectivity index (χ1v) is 5.09. The van der Waals surface area contributed by atoms with Crippen LogP contribution in [0, 0.1) is 12.3 Å². The van der Waals surface area contributed by atoms with E-state index in [-0.39, 0.29) is 23.3 Å². The highest BCUT2D eigenvalue weighted by molar-refractivity contribution is 9.10. The van der Waals surface area contributed by atoms with Crippen molar-refractivity contribution in [3.05, 3.63) is 28.2 Å². The van der Waals surface area contributed by atoms with Crippen molar-refractivity contribution < 1.29 is 9.90 Å². The molecule has 0 spiro atoms. The van der Waals surface area contributed by atoms with Gasteiger partial charge in [-0.15, -0.1) is 6.42 Å². The second-order valence-electron chi connectivity index (χ2n) is 3.02. The fraction of sp³-hybridized carbons (Fsp3) is 0.182. The second kappa shape index (κ2) is 4.85. The Kier molecular flexibility index (Phi) is 3.75. The molecule has 1 aromatic rings. The number of nitrogens with one attached hydrogen (secondary N) is 1. The first-order valence-electron chi connectivity index (χ1n) is 4.30. The lowest BCUT2D eigenvalue weighted by atomic mass is 10.2. The minimum Gasteiger partial charge on any atom is -0.507 e. The maximum absolute atomic E-state index is 11.6. The lowest BCUT2D eigenvalue weighted by Gasteiger charge is -2.09. The molecule has 0 fully saturated rings. The van der Waals surface area contributed by atoms with Crippen LogP contribution < -0.4 is 5.32 Å². The van der Waals surface area contributed by atoms with E-state index in [1.807, 2.05) is 0 Å². The van der Waals surface area contributed by atoms with E-state index in [1.54, 1.807) is 13.0 Å². The molecule has 0 bridgehead atoms. The minimum absolute atomic E-state index is 0.0695. The number of halogens is 1. The molecule has 0 heterocycles. The monoisotopic (exact) mass is 267 g/mol. The third-order valence-corrected chi connectivity index (χ3v) is 2.29. The minimum atomic E-state index is -0.390. The first kappa shape index (κ1) is 11.6. The molecule has 78 valence electrons. The van der Waals surface area contributed by atoms with Crippen LogP contribution in [0.3, 0.4) is 0 Å². The lowest BCUT2D eigenvalue weighted by Crippen LogP contribution is -2.31. The Hall–Kier alpha value is -1.47. The largest absolute Gasteiger partial charge is 0.507 e. The number of rotatable bonds is 2. The number of hydrogen-bond acceptors (Lipinski definition) is 2. The highest BCUT2D eigenvalue weighted by Gasteiger charge is 2.12. The molecule has 0 aliphatic carbocycles. The summed E-state index contributed by atoms with van der Waals surface area (Å²) in [6.45, 7) is 1.69. The molecule has 0 radical (unpaired) electrons. The van der Waals surface area contributed by atoms with Crippen molar-refractivity contribution in [3.63, 3.8) is 0 Å². The predicted molar refractivity (Wildman–Crippen MR) is 61.6 cm³/mol. The summed E-state index contributed by atoms with van der Waals surface area (Å²) in [4.78, 5) is 11.6. The standard InChI is InChI=1S/C11H10BrNO2/c1-3-7(2)13-11(15)9-6-8(12)4-5-10(9)14/h1,4-7,14H,2H3,(H,13,15). The SMILES string of the molecule is C#CC(C)NC(=O)c1cc(Br)ccc1O. The van der Waals surface area contributed by atoms with E-state index < -0.39 is 0 Å². The fourth-order valence-corrected chi connectivity index (χ4v) is 1.37. The van der Waals surface area contributed by atoms with Gasteiger partial charge < -0.3 is 10.4 Å². The van der Waals surface area contributed by atoms with Crippen molar-refractivity contribution in [1.82, 2.24) is 5.32 Å². The third kappa shape index (κ3) is 3.00. The Balaban J connectivity index is 2.92. The number of phenolic OH excluding ortho intramolecular Hbond substituents is 1. The number of aromatic hydroxyl groups is 1. The van der Waals surface area contributed by atoms with Crippen molar-refractivity contribution in [2.24, 2.45) is 0 Å². The zero-order valence-corrected chi connectivity index (χ0v) is 9.71. The summed E-state index contributed by atoms with van der Waals surface area (Å²) in [7, 11) is 0. The van der Waals surface area contributed by atoms with Gasteiger partial charge in [0.2, 0.25) is 0 Å². The van der Waals surface area contributed by atoms with Gasteiger partial charge in [0, 0.05) is 4.47 Å². The van der Waals surface area contributed by atoms with Crippen LogP contribution in [0.25, 0.3) is 0 Å². The zero-order chi connectivity index (χ0) is 11.4.